The molecule has 0 saturated carbocycles. The summed E-state index contributed by atoms with van der Waals surface area (Å²) in [6, 6.07) is 14.0. The number of likely N-dealkylation sites (tertiary alicyclic amines) is 1. The highest BCUT2D eigenvalue weighted by Gasteiger charge is 2.24. The molecule has 0 radical (unpaired) electrons. The summed E-state index contributed by atoms with van der Waals surface area (Å²) in [5, 5.41) is 7.53. The van der Waals surface area contributed by atoms with Gasteiger partial charge in [-0.1, -0.05) is 12.1 Å². The summed E-state index contributed by atoms with van der Waals surface area (Å²) in [5.74, 6) is 0.888. The van der Waals surface area contributed by atoms with Gasteiger partial charge < -0.3 is 10.1 Å². The number of anilines is 1. The average Bonchev–Trinajstić information content (AvgIpc) is 3.17. The normalized spacial score (nSPS) is 15.0. The van der Waals surface area contributed by atoms with Gasteiger partial charge >= 0.3 is 0 Å². The fourth-order valence-electron chi connectivity index (χ4n) is 4.22. The molecule has 1 aliphatic heterocycles. The van der Waals surface area contributed by atoms with E-state index in [2.05, 4.69) is 15.3 Å². The quantitative estimate of drug-likeness (QED) is 0.601. The van der Waals surface area contributed by atoms with Crippen molar-refractivity contribution in [2.75, 3.05) is 25.5 Å². The van der Waals surface area contributed by atoms with Crippen LogP contribution in [0, 0.1) is 11.7 Å². The molecule has 0 aliphatic carbocycles. The summed E-state index contributed by atoms with van der Waals surface area (Å²) >= 11 is 0. The van der Waals surface area contributed by atoms with Crippen molar-refractivity contribution in [1.29, 1.82) is 0 Å². The van der Waals surface area contributed by atoms with Crippen LogP contribution in [0.4, 0.5) is 10.1 Å². The third kappa shape index (κ3) is 5.53. The Morgan fingerprint density at radius 2 is 1.81 bits per heavy atom. The maximum atomic E-state index is 13.1. The number of halogens is 1. The average molecular weight is 437 g/mol. The van der Waals surface area contributed by atoms with E-state index in [1.807, 2.05) is 43.4 Å². The minimum absolute atomic E-state index is 0.146. The number of carbonyl (C=O) groups is 1. The molecule has 1 aliphatic rings. The minimum Gasteiger partial charge on any atom is -0.497 e. The van der Waals surface area contributed by atoms with E-state index in [1.54, 1.807) is 18.0 Å². The van der Waals surface area contributed by atoms with Gasteiger partial charge in [0.1, 0.15) is 11.6 Å². The Labute approximate surface area is 188 Å². The number of hydrogen-bond donors (Lipinski definition) is 1. The van der Waals surface area contributed by atoms with Crippen LogP contribution in [0.2, 0.25) is 0 Å². The molecule has 1 fully saturated rings. The molecule has 0 spiro atoms. The number of rotatable bonds is 7. The van der Waals surface area contributed by atoms with Crippen LogP contribution >= 0.6 is 0 Å². The van der Waals surface area contributed by atoms with Gasteiger partial charge in [-0.2, -0.15) is 5.10 Å². The van der Waals surface area contributed by atoms with Gasteiger partial charge in [0.05, 0.1) is 18.4 Å². The molecule has 1 amide bonds. The molecule has 168 valence electrons. The van der Waals surface area contributed by atoms with Crippen LogP contribution in [0.5, 0.6) is 5.75 Å². The molecular weight excluding hydrogens is 407 g/mol. The molecule has 7 heteroatoms. The van der Waals surface area contributed by atoms with Gasteiger partial charge in [0, 0.05) is 25.5 Å². The molecule has 0 unspecified atom stereocenters. The van der Waals surface area contributed by atoms with Gasteiger partial charge in [-0.3, -0.25) is 14.4 Å². The molecule has 0 atom stereocenters. The number of aromatic nitrogens is 2. The molecular formula is C25H29FN4O2. The first-order valence-electron chi connectivity index (χ1n) is 10.9. The molecule has 1 N–H and O–H groups in total. The summed E-state index contributed by atoms with van der Waals surface area (Å²) in [5.41, 5.74) is 3.32. The predicted octanol–water partition coefficient (Wildman–Crippen LogP) is 4.27. The number of hydrogen-bond acceptors (Lipinski definition) is 4. The summed E-state index contributed by atoms with van der Waals surface area (Å²) < 4.78 is 20.0. The molecule has 6 nitrogen and oxygen atoms in total. The lowest BCUT2D eigenvalue weighted by molar-refractivity contribution is 0.102. The Morgan fingerprint density at radius 3 is 2.47 bits per heavy atom. The lowest BCUT2D eigenvalue weighted by atomic mass is 9.91. The molecule has 2 heterocycles. The number of nitrogens with one attached hydrogen (secondary N) is 1. The van der Waals surface area contributed by atoms with Gasteiger partial charge in [-0.15, -0.1) is 0 Å². The Balaban J connectivity index is 1.33. The van der Waals surface area contributed by atoms with Crippen molar-refractivity contribution in [3.63, 3.8) is 0 Å². The maximum absolute atomic E-state index is 13.1. The van der Waals surface area contributed by atoms with Gasteiger partial charge in [0.15, 0.2) is 0 Å². The Kier molecular flexibility index (Phi) is 6.85. The van der Waals surface area contributed by atoms with E-state index in [0.717, 1.165) is 61.6 Å². The largest absolute Gasteiger partial charge is 0.497 e. The van der Waals surface area contributed by atoms with Gasteiger partial charge in [-0.25, -0.2) is 4.39 Å². The topological polar surface area (TPSA) is 59.4 Å². The standard InChI is InChI=1S/C25H29FN4O2/c1-29-17-23(25(31)27-21-7-9-22(32-2)10-8-21)24(28-29)15-18-11-13-30(14-12-18)16-19-3-5-20(26)6-4-19/h3-10,17-18H,11-16H2,1-2H3,(H,27,31). The monoisotopic (exact) mass is 436 g/mol. The fraction of sp³-hybridized carbons (Fsp3) is 0.360. The van der Waals surface area contributed by atoms with E-state index >= 15 is 0 Å². The van der Waals surface area contributed by atoms with Crippen LogP contribution in [0.15, 0.2) is 54.7 Å². The van der Waals surface area contributed by atoms with E-state index < -0.39 is 0 Å². The van der Waals surface area contributed by atoms with Crippen molar-refractivity contribution in [3.05, 3.63) is 77.4 Å². The number of nitrogens with zero attached hydrogens (tertiary/aromatic N) is 3. The van der Waals surface area contributed by atoms with E-state index in [1.165, 1.54) is 12.1 Å². The second-order valence-electron chi connectivity index (χ2n) is 8.40. The number of amides is 1. The molecule has 1 aromatic heterocycles. The SMILES string of the molecule is COc1ccc(NC(=O)c2cn(C)nc2CC2CCN(Cc3ccc(F)cc3)CC2)cc1. The second-order valence-corrected chi connectivity index (χ2v) is 8.40. The molecule has 2 aromatic carbocycles. The third-order valence-corrected chi connectivity index (χ3v) is 6.01. The van der Waals surface area contributed by atoms with Crippen LogP contribution in [0.25, 0.3) is 0 Å². The maximum Gasteiger partial charge on any atom is 0.259 e. The number of ether oxygens (including phenoxy) is 1. The zero-order chi connectivity index (χ0) is 22.5. The second kappa shape index (κ2) is 9.96. The zero-order valence-corrected chi connectivity index (χ0v) is 18.6. The Bertz CT molecular complexity index is 1040. The fourth-order valence-corrected chi connectivity index (χ4v) is 4.22. The number of methoxy groups -OCH3 is 1. The predicted molar refractivity (Wildman–Crippen MR) is 122 cm³/mol. The van der Waals surface area contributed by atoms with Gasteiger partial charge in [-0.05, 0) is 80.2 Å². The van der Waals surface area contributed by atoms with Gasteiger partial charge in [0.2, 0.25) is 0 Å². The van der Waals surface area contributed by atoms with Crippen LogP contribution < -0.4 is 10.1 Å². The first-order valence-corrected chi connectivity index (χ1v) is 10.9. The third-order valence-electron chi connectivity index (χ3n) is 6.01. The summed E-state index contributed by atoms with van der Waals surface area (Å²) in [6.45, 7) is 2.82. The van der Waals surface area contributed by atoms with Crippen molar-refractivity contribution in [1.82, 2.24) is 14.7 Å². The molecule has 0 bridgehead atoms. The summed E-state index contributed by atoms with van der Waals surface area (Å²) in [4.78, 5) is 15.3. The number of carbonyl (C=O) groups excluding carboxylic acids is 1. The number of aryl methyl sites for hydroxylation is 1. The summed E-state index contributed by atoms with van der Waals surface area (Å²) in [7, 11) is 3.46. The zero-order valence-electron chi connectivity index (χ0n) is 18.6. The van der Waals surface area contributed by atoms with Crippen molar-refractivity contribution < 1.29 is 13.9 Å². The van der Waals surface area contributed by atoms with E-state index in [4.69, 9.17) is 4.74 Å². The van der Waals surface area contributed by atoms with E-state index in [-0.39, 0.29) is 11.7 Å². The van der Waals surface area contributed by atoms with Gasteiger partial charge in [0.25, 0.3) is 5.91 Å². The number of benzene rings is 2. The molecule has 1 saturated heterocycles. The molecule has 3 aromatic rings. The van der Waals surface area contributed by atoms with Crippen molar-refractivity contribution in [2.45, 2.75) is 25.8 Å². The summed E-state index contributed by atoms with van der Waals surface area (Å²) in [6.07, 6.45) is 4.68. The van der Waals surface area contributed by atoms with Crippen molar-refractivity contribution >= 4 is 11.6 Å². The minimum atomic E-state index is -0.199. The lowest BCUT2D eigenvalue weighted by Crippen LogP contribution is -2.34. The first-order chi connectivity index (χ1) is 15.5. The molecule has 32 heavy (non-hydrogen) atoms. The molecule has 4 rings (SSSR count). The van der Waals surface area contributed by atoms with Crippen LogP contribution in [0.3, 0.4) is 0 Å². The highest BCUT2D eigenvalue weighted by Crippen LogP contribution is 2.24. The van der Waals surface area contributed by atoms with Crippen LogP contribution in [-0.4, -0.2) is 40.8 Å². The number of piperidine rings is 1. The highest BCUT2D eigenvalue weighted by atomic mass is 19.1. The van der Waals surface area contributed by atoms with E-state index in [9.17, 15) is 9.18 Å². The van der Waals surface area contributed by atoms with Crippen LogP contribution in [0.1, 0.15) is 34.5 Å². The van der Waals surface area contributed by atoms with Crippen molar-refractivity contribution in [3.8, 4) is 5.75 Å². The smallest absolute Gasteiger partial charge is 0.259 e. The Hall–Kier alpha value is -3.19. The first kappa shape index (κ1) is 22.0. The lowest BCUT2D eigenvalue weighted by Gasteiger charge is -2.31. The van der Waals surface area contributed by atoms with E-state index in [0.29, 0.717) is 11.5 Å². The highest BCUT2D eigenvalue weighted by molar-refractivity contribution is 6.04. The van der Waals surface area contributed by atoms with Crippen molar-refractivity contribution in [2.24, 2.45) is 13.0 Å². The van der Waals surface area contributed by atoms with Crippen LogP contribution in [-0.2, 0) is 20.0 Å². The Morgan fingerprint density at radius 1 is 1.12 bits per heavy atom.